The minimum Gasteiger partial charge on any atom is -0.504 e. The van der Waals surface area contributed by atoms with Crippen LogP contribution in [0.15, 0.2) is 24.5 Å². The summed E-state index contributed by atoms with van der Waals surface area (Å²) in [5.74, 6) is 0. The van der Waals surface area contributed by atoms with Crippen molar-refractivity contribution in [3.63, 3.8) is 0 Å². The van der Waals surface area contributed by atoms with Gasteiger partial charge < -0.3 is 4.74 Å². The van der Waals surface area contributed by atoms with Crippen molar-refractivity contribution in [2.45, 2.75) is 45.7 Å². The maximum absolute atomic E-state index is 13.8. The minimum absolute atomic E-state index is 0.364. The molecule has 106 valence electrons. The van der Waals surface area contributed by atoms with Crippen LogP contribution in [0, 0.1) is 0 Å². The number of alkyl halides is 1. The number of allylic oxidation sites excluding steroid dienone is 1. The van der Waals surface area contributed by atoms with Crippen LogP contribution in [0.25, 0.3) is 0 Å². The highest BCUT2D eigenvalue weighted by molar-refractivity contribution is 5.09. The zero-order valence-electron chi connectivity index (χ0n) is 12.1. The smallest absolute Gasteiger partial charge is 0.129 e. The molecule has 0 spiro atoms. The monoisotopic (exact) mass is 257 g/mol. The fourth-order valence-corrected chi connectivity index (χ4v) is 2.03. The summed E-state index contributed by atoms with van der Waals surface area (Å²) in [5.41, 5.74) is 0.726. The number of piperidine rings is 1. The van der Waals surface area contributed by atoms with E-state index in [1.807, 2.05) is 13.8 Å². The Morgan fingerprint density at radius 2 is 1.94 bits per heavy atom. The third-order valence-corrected chi connectivity index (χ3v) is 2.90. The summed E-state index contributed by atoms with van der Waals surface area (Å²) in [4.78, 5) is 2.30. The van der Waals surface area contributed by atoms with Gasteiger partial charge in [-0.1, -0.05) is 26.3 Å². The first-order valence-electron chi connectivity index (χ1n) is 6.97. The molecule has 0 amide bonds. The first kappa shape index (κ1) is 17.2. The van der Waals surface area contributed by atoms with Crippen LogP contribution in [0.4, 0.5) is 4.39 Å². The average molecular weight is 257 g/mol. The van der Waals surface area contributed by atoms with Gasteiger partial charge in [-0.15, -0.1) is 6.58 Å². The Morgan fingerprint density at radius 1 is 1.33 bits per heavy atom. The highest BCUT2D eigenvalue weighted by Gasteiger charge is 2.17. The van der Waals surface area contributed by atoms with Crippen LogP contribution in [0.1, 0.15) is 39.5 Å². The predicted octanol–water partition coefficient (Wildman–Crippen LogP) is 3.94. The number of methoxy groups -OCH3 is 1. The summed E-state index contributed by atoms with van der Waals surface area (Å²) in [7, 11) is 1.57. The summed E-state index contributed by atoms with van der Waals surface area (Å²) in [6.45, 7) is 10.4. The molecule has 1 aliphatic rings. The summed E-state index contributed by atoms with van der Waals surface area (Å²) in [6.07, 6.45) is 6.30. The van der Waals surface area contributed by atoms with Gasteiger partial charge in [-0.25, -0.2) is 4.39 Å². The van der Waals surface area contributed by atoms with Crippen LogP contribution in [0.3, 0.4) is 0 Å². The standard InChI is InChI=1S/C13H22FNO.C2H6/c1-3-7-13(14)12(11-16-2)10-15-8-5-4-6-9-15;1-2/h3,11,13H,1,4-10H2,2H3;1-2H3/b12-11+;. The second kappa shape index (κ2) is 11.3. The molecule has 1 saturated heterocycles. The fraction of sp³-hybridized carbons (Fsp3) is 0.733. The Morgan fingerprint density at radius 3 is 2.44 bits per heavy atom. The first-order chi connectivity index (χ1) is 8.77. The number of likely N-dealkylation sites (tertiary alicyclic amines) is 1. The van der Waals surface area contributed by atoms with E-state index in [4.69, 9.17) is 4.74 Å². The molecule has 1 unspecified atom stereocenters. The molecule has 3 heteroatoms. The van der Waals surface area contributed by atoms with Gasteiger partial charge in [0.1, 0.15) is 6.17 Å². The zero-order valence-corrected chi connectivity index (χ0v) is 12.1. The number of hydrogen-bond acceptors (Lipinski definition) is 2. The van der Waals surface area contributed by atoms with Gasteiger partial charge in [-0.2, -0.15) is 0 Å². The van der Waals surface area contributed by atoms with Gasteiger partial charge in [-0.05, 0) is 25.9 Å². The molecule has 18 heavy (non-hydrogen) atoms. The lowest BCUT2D eigenvalue weighted by atomic mass is 10.1. The zero-order chi connectivity index (χ0) is 13.8. The van der Waals surface area contributed by atoms with Crippen LogP contribution < -0.4 is 0 Å². The average Bonchev–Trinajstić information content (AvgIpc) is 2.42. The topological polar surface area (TPSA) is 12.5 Å². The number of ether oxygens (including phenoxy) is 1. The van der Waals surface area contributed by atoms with Crippen LogP contribution in [0.2, 0.25) is 0 Å². The lowest BCUT2D eigenvalue weighted by molar-refractivity contribution is 0.224. The molecule has 0 aromatic rings. The molecule has 1 aliphatic heterocycles. The molecule has 1 atom stereocenters. The number of rotatable bonds is 6. The molecule has 0 aromatic heterocycles. The summed E-state index contributed by atoms with van der Waals surface area (Å²) < 4.78 is 18.7. The molecule has 1 heterocycles. The molecule has 0 saturated carbocycles. The molecule has 0 aromatic carbocycles. The van der Waals surface area contributed by atoms with Gasteiger partial charge in [-0.3, -0.25) is 4.90 Å². The summed E-state index contributed by atoms with van der Waals surface area (Å²) >= 11 is 0. The highest BCUT2D eigenvalue weighted by atomic mass is 19.1. The van der Waals surface area contributed by atoms with Gasteiger partial charge in [0.2, 0.25) is 0 Å². The van der Waals surface area contributed by atoms with Gasteiger partial charge in [0.05, 0.1) is 13.4 Å². The van der Waals surface area contributed by atoms with Crippen LogP contribution in [0.5, 0.6) is 0 Å². The van der Waals surface area contributed by atoms with E-state index in [0.717, 1.165) is 18.7 Å². The Balaban J connectivity index is 0.00000137. The van der Waals surface area contributed by atoms with E-state index in [2.05, 4.69) is 11.5 Å². The second-order valence-corrected chi connectivity index (χ2v) is 4.26. The van der Waals surface area contributed by atoms with Crippen molar-refractivity contribution in [3.8, 4) is 0 Å². The quantitative estimate of drug-likeness (QED) is 0.528. The third kappa shape index (κ3) is 6.80. The minimum atomic E-state index is -0.959. The summed E-state index contributed by atoms with van der Waals surface area (Å²) in [5, 5.41) is 0. The Labute approximate surface area is 112 Å². The summed E-state index contributed by atoms with van der Waals surface area (Å²) in [6, 6.07) is 0. The van der Waals surface area contributed by atoms with E-state index in [1.54, 1.807) is 19.4 Å². The van der Waals surface area contributed by atoms with Crippen molar-refractivity contribution in [3.05, 3.63) is 24.5 Å². The SMILES string of the molecule is C=CCC(F)/C(=C/OC)CN1CCCCC1.CC. The van der Waals surface area contributed by atoms with Crippen LogP contribution >= 0.6 is 0 Å². The van der Waals surface area contributed by atoms with Gasteiger partial charge in [0.15, 0.2) is 0 Å². The van der Waals surface area contributed by atoms with E-state index in [1.165, 1.54) is 19.3 Å². The van der Waals surface area contributed by atoms with E-state index < -0.39 is 6.17 Å². The fourth-order valence-electron chi connectivity index (χ4n) is 2.03. The van der Waals surface area contributed by atoms with Crippen molar-refractivity contribution in [2.24, 2.45) is 0 Å². The van der Waals surface area contributed by atoms with Crippen molar-refractivity contribution in [2.75, 3.05) is 26.7 Å². The number of hydrogen-bond donors (Lipinski definition) is 0. The molecule has 0 radical (unpaired) electrons. The molecule has 1 fully saturated rings. The van der Waals surface area contributed by atoms with Crippen LogP contribution in [-0.4, -0.2) is 37.8 Å². The van der Waals surface area contributed by atoms with Gasteiger partial charge in [0, 0.05) is 18.5 Å². The largest absolute Gasteiger partial charge is 0.504 e. The second-order valence-electron chi connectivity index (χ2n) is 4.26. The predicted molar refractivity (Wildman–Crippen MR) is 76.4 cm³/mol. The van der Waals surface area contributed by atoms with E-state index in [9.17, 15) is 4.39 Å². The molecule has 0 aliphatic carbocycles. The van der Waals surface area contributed by atoms with E-state index in [0.29, 0.717) is 13.0 Å². The number of halogens is 1. The Hall–Kier alpha value is -0.830. The van der Waals surface area contributed by atoms with Crippen molar-refractivity contribution < 1.29 is 9.13 Å². The van der Waals surface area contributed by atoms with Crippen molar-refractivity contribution >= 4 is 0 Å². The maximum Gasteiger partial charge on any atom is 0.129 e. The van der Waals surface area contributed by atoms with E-state index in [-0.39, 0.29) is 0 Å². The van der Waals surface area contributed by atoms with Crippen molar-refractivity contribution in [1.29, 1.82) is 0 Å². The van der Waals surface area contributed by atoms with Crippen LogP contribution in [-0.2, 0) is 4.74 Å². The molecular weight excluding hydrogens is 229 g/mol. The molecule has 0 bridgehead atoms. The third-order valence-electron chi connectivity index (χ3n) is 2.90. The molecule has 1 rings (SSSR count). The Kier molecular flexibility index (Phi) is 10.8. The molecular formula is C15H28FNO. The van der Waals surface area contributed by atoms with E-state index >= 15 is 0 Å². The lowest BCUT2D eigenvalue weighted by Gasteiger charge is -2.28. The Bertz CT molecular complexity index is 235. The normalized spacial score (nSPS) is 18.6. The maximum atomic E-state index is 13.8. The van der Waals surface area contributed by atoms with Gasteiger partial charge >= 0.3 is 0 Å². The lowest BCUT2D eigenvalue weighted by Crippen LogP contribution is -2.33. The molecule has 0 N–H and O–H groups in total. The van der Waals surface area contributed by atoms with Gasteiger partial charge in [0.25, 0.3) is 0 Å². The highest BCUT2D eigenvalue weighted by Crippen LogP contribution is 2.16. The molecule has 2 nitrogen and oxygen atoms in total. The first-order valence-corrected chi connectivity index (χ1v) is 6.97. The number of nitrogens with zero attached hydrogens (tertiary/aromatic N) is 1. The van der Waals surface area contributed by atoms with Crippen molar-refractivity contribution in [1.82, 2.24) is 4.90 Å².